The summed E-state index contributed by atoms with van der Waals surface area (Å²) in [5, 5.41) is 11.1. The molecular formula is C25H21NO4. The molecule has 1 saturated heterocycles. The fourth-order valence-electron chi connectivity index (χ4n) is 3.67. The highest BCUT2D eigenvalue weighted by molar-refractivity contribution is 6.51. The van der Waals surface area contributed by atoms with Crippen LogP contribution in [0, 0.1) is 0 Å². The van der Waals surface area contributed by atoms with Gasteiger partial charge in [0, 0.05) is 11.3 Å². The molecule has 5 heteroatoms. The first-order valence-electron chi connectivity index (χ1n) is 9.76. The first kappa shape index (κ1) is 19.5. The van der Waals surface area contributed by atoms with Crippen LogP contribution in [-0.2, 0) is 9.59 Å². The van der Waals surface area contributed by atoms with Crippen molar-refractivity contribution in [1.29, 1.82) is 0 Å². The number of rotatable bonds is 5. The van der Waals surface area contributed by atoms with E-state index in [0.29, 0.717) is 23.6 Å². The van der Waals surface area contributed by atoms with Gasteiger partial charge in [0.05, 0.1) is 18.2 Å². The molecule has 4 rings (SSSR count). The summed E-state index contributed by atoms with van der Waals surface area (Å²) in [6, 6.07) is 24.3. The van der Waals surface area contributed by atoms with E-state index in [1.807, 2.05) is 55.5 Å². The summed E-state index contributed by atoms with van der Waals surface area (Å²) in [4.78, 5) is 27.5. The molecule has 1 aliphatic rings. The second-order valence-electron chi connectivity index (χ2n) is 6.87. The lowest BCUT2D eigenvalue weighted by atomic mass is 9.95. The Bertz CT molecular complexity index is 1090. The third kappa shape index (κ3) is 3.46. The van der Waals surface area contributed by atoms with Gasteiger partial charge in [-0.05, 0) is 48.9 Å². The van der Waals surface area contributed by atoms with Crippen LogP contribution in [0.15, 0.2) is 90.5 Å². The number of Topliss-reactive ketones (excluding diaryl/α,β-unsaturated/α-hetero) is 1. The van der Waals surface area contributed by atoms with E-state index in [0.717, 1.165) is 5.56 Å². The molecule has 1 heterocycles. The molecule has 1 N–H and O–H groups in total. The number of ketones is 1. The number of aliphatic hydroxyl groups excluding tert-OH is 1. The van der Waals surface area contributed by atoms with Crippen LogP contribution >= 0.6 is 0 Å². The lowest BCUT2D eigenvalue weighted by Gasteiger charge is -2.25. The maximum Gasteiger partial charge on any atom is 0.300 e. The molecule has 0 saturated carbocycles. The van der Waals surface area contributed by atoms with Gasteiger partial charge in [-0.25, -0.2) is 0 Å². The largest absolute Gasteiger partial charge is 0.507 e. The molecule has 3 aromatic rings. The van der Waals surface area contributed by atoms with Crippen LogP contribution < -0.4 is 9.64 Å². The summed E-state index contributed by atoms with van der Waals surface area (Å²) in [6.07, 6.45) is 0. The zero-order chi connectivity index (χ0) is 21.1. The van der Waals surface area contributed by atoms with E-state index < -0.39 is 17.7 Å². The molecule has 1 unspecified atom stereocenters. The van der Waals surface area contributed by atoms with Gasteiger partial charge in [-0.3, -0.25) is 14.5 Å². The van der Waals surface area contributed by atoms with Crippen molar-refractivity contribution in [2.24, 2.45) is 0 Å². The molecule has 1 fully saturated rings. The fraction of sp³-hybridized carbons (Fsp3) is 0.120. The number of carbonyl (C=O) groups is 2. The molecule has 1 amide bonds. The van der Waals surface area contributed by atoms with Gasteiger partial charge in [0.15, 0.2) is 0 Å². The van der Waals surface area contributed by atoms with E-state index >= 15 is 0 Å². The topological polar surface area (TPSA) is 66.8 Å². The van der Waals surface area contributed by atoms with Crippen molar-refractivity contribution < 1.29 is 19.4 Å². The second-order valence-corrected chi connectivity index (χ2v) is 6.87. The predicted octanol–water partition coefficient (Wildman–Crippen LogP) is 4.71. The van der Waals surface area contributed by atoms with Crippen molar-refractivity contribution in [2.45, 2.75) is 13.0 Å². The Labute approximate surface area is 174 Å². The van der Waals surface area contributed by atoms with Crippen LogP contribution in [0.5, 0.6) is 5.75 Å². The van der Waals surface area contributed by atoms with E-state index in [2.05, 4.69) is 0 Å². The second kappa shape index (κ2) is 8.25. The SMILES string of the molecule is CCOc1ccc(C(O)=C2C(=O)C(=O)N(c3ccccc3)C2c2ccccc2)cc1. The lowest BCUT2D eigenvalue weighted by molar-refractivity contribution is -0.132. The van der Waals surface area contributed by atoms with Crippen molar-refractivity contribution in [2.75, 3.05) is 11.5 Å². The highest BCUT2D eigenvalue weighted by Crippen LogP contribution is 2.42. The fourth-order valence-corrected chi connectivity index (χ4v) is 3.67. The smallest absolute Gasteiger partial charge is 0.300 e. The van der Waals surface area contributed by atoms with Crippen LogP contribution in [-0.4, -0.2) is 23.4 Å². The van der Waals surface area contributed by atoms with Gasteiger partial charge >= 0.3 is 0 Å². The zero-order valence-electron chi connectivity index (χ0n) is 16.5. The number of amides is 1. The van der Waals surface area contributed by atoms with Crippen molar-refractivity contribution in [3.8, 4) is 5.75 Å². The van der Waals surface area contributed by atoms with Crippen LogP contribution in [0.4, 0.5) is 5.69 Å². The van der Waals surface area contributed by atoms with Crippen molar-refractivity contribution in [3.63, 3.8) is 0 Å². The summed E-state index contributed by atoms with van der Waals surface area (Å²) in [5.41, 5.74) is 1.86. The van der Waals surface area contributed by atoms with Gasteiger partial charge < -0.3 is 9.84 Å². The molecule has 0 radical (unpaired) electrons. The Morgan fingerprint density at radius 1 is 0.900 bits per heavy atom. The van der Waals surface area contributed by atoms with E-state index in [9.17, 15) is 14.7 Å². The lowest BCUT2D eigenvalue weighted by Crippen LogP contribution is -2.29. The minimum atomic E-state index is -0.722. The summed E-state index contributed by atoms with van der Waals surface area (Å²) in [5.74, 6) is -0.913. The summed E-state index contributed by atoms with van der Waals surface area (Å²) < 4.78 is 5.44. The third-order valence-corrected chi connectivity index (χ3v) is 5.03. The van der Waals surface area contributed by atoms with Gasteiger partial charge in [0.1, 0.15) is 11.5 Å². The van der Waals surface area contributed by atoms with Crippen LogP contribution in [0.1, 0.15) is 24.1 Å². The predicted molar refractivity (Wildman–Crippen MR) is 115 cm³/mol. The Balaban J connectivity index is 1.87. The minimum Gasteiger partial charge on any atom is -0.507 e. The number of benzene rings is 3. The molecule has 5 nitrogen and oxygen atoms in total. The van der Waals surface area contributed by atoms with Gasteiger partial charge in [-0.15, -0.1) is 0 Å². The van der Waals surface area contributed by atoms with Crippen molar-refractivity contribution in [1.82, 2.24) is 0 Å². The monoisotopic (exact) mass is 399 g/mol. The summed E-state index contributed by atoms with van der Waals surface area (Å²) >= 11 is 0. The molecule has 30 heavy (non-hydrogen) atoms. The first-order valence-corrected chi connectivity index (χ1v) is 9.76. The number of nitrogens with zero attached hydrogens (tertiary/aromatic N) is 1. The van der Waals surface area contributed by atoms with Gasteiger partial charge in [-0.1, -0.05) is 48.5 Å². The quantitative estimate of drug-likeness (QED) is 0.383. The van der Waals surface area contributed by atoms with E-state index in [1.54, 1.807) is 36.4 Å². The Kier molecular flexibility index (Phi) is 5.35. The molecule has 0 bridgehead atoms. The van der Waals surface area contributed by atoms with Crippen LogP contribution in [0.3, 0.4) is 0 Å². The molecule has 3 aromatic carbocycles. The van der Waals surface area contributed by atoms with Crippen molar-refractivity contribution >= 4 is 23.1 Å². The average molecular weight is 399 g/mol. The number of hydrogen-bond donors (Lipinski definition) is 1. The molecule has 1 aliphatic heterocycles. The molecule has 0 spiro atoms. The normalized spacial score (nSPS) is 17.9. The van der Waals surface area contributed by atoms with Gasteiger partial charge in [0.25, 0.3) is 11.7 Å². The maximum atomic E-state index is 13.0. The molecule has 150 valence electrons. The number of para-hydroxylation sites is 1. The molecule has 0 aliphatic carbocycles. The average Bonchev–Trinajstić information content (AvgIpc) is 3.06. The summed E-state index contributed by atoms with van der Waals surface area (Å²) in [7, 11) is 0. The number of anilines is 1. The van der Waals surface area contributed by atoms with Gasteiger partial charge in [0.2, 0.25) is 0 Å². The van der Waals surface area contributed by atoms with E-state index in [-0.39, 0.29) is 11.3 Å². The van der Waals surface area contributed by atoms with Crippen LogP contribution in [0.2, 0.25) is 0 Å². The molecule has 1 atom stereocenters. The first-order chi connectivity index (χ1) is 14.6. The number of hydrogen-bond acceptors (Lipinski definition) is 4. The third-order valence-electron chi connectivity index (χ3n) is 5.03. The standard InChI is InChI=1S/C25H21NO4/c1-2-30-20-15-13-18(14-16-20)23(27)21-22(17-9-5-3-6-10-17)26(25(29)24(21)28)19-11-7-4-8-12-19/h3-16,22,27H,2H2,1H3. The highest BCUT2D eigenvalue weighted by atomic mass is 16.5. The minimum absolute atomic E-state index is 0.0687. The number of ether oxygens (including phenoxy) is 1. The highest BCUT2D eigenvalue weighted by Gasteiger charge is 2.46. The van der Waals surface area contributed by atoms with E-state index in [1.165, 1.54) is 4.90 Å². The zero-order valence-corrected chi connectivity index (χ0v) is 16.5. The number of carbonyl (C=O) groups excluding carboxylic acids is 2. The molecule has 0 aromatic heterocycles. The van der Waals surface area contributed by atoms with E-state index in [4.69, 9.17) is 4.74 Å². The Morgan fingerprint density at radius 2 is 1.50 bits per heavy atom. The van der Waals surface area contributed by atoms with Crippen molar-refractivity contribution in [3.05, 3.63) is 102 Å². The Hall–Kier alpha value is -3.86. The van der Waals surface area contributed by atoms with Gasteiger partial charge in [-0.2, -0.15) is 0 Å². The number of aliphatic hydroxyl groups is 1. The maximum absolute atomic E-state index is 13.0. The Morgan fingerprint density at radius 3 is 2.10 bits per heavy atom. The van der Waals surface area contributed by atoms with Crippen LogP contribution in [0.25, 0.3) is 5.76 Å². The summed E-state index contributed by atoms with van der Waals surface area (Å²) in [6.45, 7) is 2.42. The molecular weight excluding hydrogens is 378 g/mol.